The van der Waals surface area contributed by atoms with Gasteiger partial charge in [-0.1, -0.05) is 11.6 Å². The van der Waals surface area contributed by atoms with E-state index in [0.29, 0.717) is 13.2 Å². The average molecular weight is 152 g/mol. The lowest BCUT2D eigenvalue weighted by atomic mass is 10.5. The second-order valence-corrected chi connectivity index (χ2v) is 2.34. The first-order valence-electron chi connectivity index (χ1n) is 2.87. The highest BCUT2D eigenvalue weighted by molar-refractivity contribution is 6.19. The molecule has 0 aliphatic carbocycles. The molecule has 0 spiro atoms. The smallest absolute Gasteiger partial charge is 0.146 e. The summed E-state index contributed by atoms with van der Waals surface area (Å²) in [4.78, 5) is 4.93. The Hall–Kier alpha value is 0.170. The highest BCUT2D eigenvalue weighted by Crippen LogP contribution is 2.07. The number of nitrogens with zero attached hydrogens (tertiary/aromatic N) is 1. The molecule has 1 aliphatic rings. The molecule has 1 atom stereocenters. The molecular weight excluding hydrogens is 142 g/mol. The molecule has 0 N–H and O–H groups in total. The quantitative estimate of drug-likeness (QED) is 0.508. The maximum Gasteiger partial charge on any atom is 0.146 e. The van der Waals surface area contributed by atoms with E-state index in [-0.39, 0.29) is 5.56 Å². The fourth-order valence-corrected chi connectivity index (χ4v) is 0.995. The van der Waals surface area contributed by atoms with E-state index in [1.807, 2.05) is 0 Å². The maximum atomic E-state index is 5.65. The van der Waals surface area contributed by atoms with Crippen molar-refractivity contribution in [1.82, 2.24) is 5.06 Å². The molecule has 0 saturated carbocycles. The topological polar surface area (TPSA) is 21.7 Å². The van der Waals surface area contributed by atoms with Crippen molar-refractivity contribution in [3.05, 3.63) is 0 Å². The van der Waals surface area contributed by atoms with Crippen molar-refractivity contribution in [2.75, 3.05) is 26.8 Å². The van der Waals surface area contributed by atoms with Crippen LogP contribution in [0.15, 0.2) is 0 Å². The lowest BCUT2D eigenvalue weighted by Gasteiger charge is -2.27. The third kappa shape index (κ3) is 2.10. The van der Waals surface area contributed by atoms with E-state index < -0.39 is 0 Å². The van der Waals surface area contributed by atoms with E-state index in [1.54, 1.807) is 12.2 Å². The summed E-state index contributed by atoms with van der Waals surface area (Å²) >= 11 is 5.65. The molecule has 1 fully saturated rings. The molecule has 0 amide bonds. The van der Waals surface area contributed by atoms with E-state index in [9.17, 15) is 0 Å². The predicted molar refractivity (Wildman–Crippen MR) is 34.2 cm³/mol. The minimum atomic E-state index is -0.210. The second-order valence-electron chi connectivity index (χ2n) is 1.85. The number of hydrogen-bond donors (Lipinski definition) is 0. The van der Waals surface area contributed by atoms with Gasteiger partial charge in [-0.3, -0.25) is 0 Å². The molecule has 4 heteroatoms. The molecule has 1 rings (SSSR count). The zero-order chi connectivity index (χ0) is 6.69. The van der Waals surface area contributed by atoms with Gasteiger partial charge in [-0.05, 0) is 0 Å². The van der Waals surface area contributed by atoms with Crippen LogP contribution in [0, 0.1) is 0 Å². The number of hydrogen-bond acceptors (Lipinski definition) is 3. The number of halogens is 1. The molecule has 0 radical (unpaired) electrons. The molecule has 1 heterocycles. The van der Waals surface area contributed by atoms with Gasteiger partial charge in [0.1, 0.15) is 5.56 Å². The first kappa shape index (κ1) is 7.28. The highest BCUT2D eigenvalue weighted by Gasteiger charge is 2.16. The molecule has 9 heavy (non-hydrogen) atoms. The van der Waals surface area contributed by atoms with Crippen LogP contribution in [0.2, 0.25) is 0 Å². The minimum Gasteiger partial charge on any atom is -0.360 e. The second kappa shape index (κ2) is 3.37. The molecule has 0 aromatic rings. The SMILES string of the molecule is CON1CCOC(Cl)C1. The average Bonchev–Trinajstić information content (AvgIpc) is 1.88. The number of hydroxylamine groups is 2. The molecule has 54 valence electrons. The van der Waals surface area contributed by atoms with E-state index in [1.165, 1.54) is 0 Å². The molecule has 3 nitrogen and oxygen atoms in total. The van der Waals surface area contributed by atoms with Crippen molar-refractivity contribution in [2.45, 2.75) is 5.56 Å². The van der Waals surface area contributed by atoms with Crippen LogP contribution < -0.4 is 0 Å². The van der Waals surface area contributed by atoms with Crippen molar-refractivity contribution in [2.24, 2.45) is 0 Å². The van der Waals surface area contributed by atoms with Crippen LogP contribution in [-0.2, 0) is 9.57 Å². The van der Waals surface area contributed by atoms with Gasteiger partial charge >= 0.3 is 0 Å². The lowest BCUT2D eigenvalue weighted by molar-refractivity contribution is -0.179. The van der Waals surface area contributed by atoms with Crippen LogP contribution in [0.25, 0.3) is 0 Å². The summed E-state index contributed by atoms with van der Waals surface area (Å²) in [6, 6.07) is 0. The van der Waals surface area contributed by atoms with Crippen LogP contribution >= 0.6 is 11.6 Å². The third-order valence-electron chi connectivity index (χ3n) is 1.24. The van der Waals surface area contributed by atoms with Gasteiger partial charge in [0.2, 0.25) is 0 Å². The molecule has 0 bridgehead atoms. The van der Waals surface area contributed by atoms with Gasteiger partial charge in [0, 0.05) is 6.54 Å². The normalized spacial score (nSPS) is 30.7. The molecule has 0 aromatic carbocycles. The van der Waals surface area contributed by atoms with Crippen LogP contribution in [0.1, 0.15) is 0 Å². The van der Waals surface area contributed by atoms with Crippen molar-refractivity contribution >= 4 is 11.6 Å². The number of ether oxygens (including phenoxy) is 1. The Kier molecular flexibility index (Phi) is 2.72. The van der Waals surface area contributed by atoms with Gasteiger partial charge in [0.05, 0.1) is 20.3 Å². The van der Waals surface area contributed by atoms with Crippen LogP contribution in [0.3, 0.4) is 0 Å². The van der Waals surface area contributed by atoms with Crippen molar-refractivity contribution in [3.63, 3.8) is 0 Å². The van der Waals surface area contributed by atoms with Crippen LogP contribution in [-0.4, -0.2) is 37.4 Å². The summed E-state index contributed by atoms with van der Waals surface area (Å²) in [5.41, 5.74) is -0.210. The van der Waals surface area contributed by atoms with E-state index >= 15 is 0 Å². The Morgan fingerprint density at radius 3 is 3.00 bits per heavy atom. The van der Waals surface area contributed by atoms with Gasteiger partial charge in [-0.25, -0.2) is 0 Å². The number of rotatable bonds is 1. The zero-order valence-electron chi connectivity index (χ0n) is 5.34. The maximum absolute atomic E-state index is 5.65. The van der Waals surface area contributed by atoms with Crippen molar-refractivity contribution in [1.29, 1.82) is 0 Å². The summed E-state index contributed by atoms with van der Waals surface area (Å²) in [5, 5.41) is 1.78. The van der Waals surface area contributed by atoms with E-state index in [0.717, 1.165) is 6.54 Å². The van der Waals surface area contributed by atoms with Crippen LogP contribution in [0.4, 0.5) is 0 Å². The Morgan fingerprint density at radius 1 is 1.78 bits per heavy atom. The Morgan fingerprint density at radius 2 is 2.56 bits per heavy atom. The third-order valence-corrected chi connectivity index (χ3v) is 1.51. The first-order chi connectivity index (χ1) is 4.33. The molecule has 1 saturated heterocycles. The summed E-state index contributed by atoms with van der Waals surface area (Å²) in [7, 11) is 1.63. The molecule has 0 aromatic heterocycles. The van der Waals surface area contributed by atoms with Gasteiger partial charge < -0.3 is 9.57 Å². The summed E-state index contributed by atoms with van der Waals surface area (Å²) in [6.45, 7) is 2.11. The predicted octanol–water partition coefficient (Wildman–Crippen LogP) is 0.445. The van der Waals surface area contributed by atoms with Crippen molar-refractivity contribution < 1.29 is 9.57 Å². The summed E-state index contributed by atoms with van der Waals surface area (Å²) < 4.78 is 5.05. The summed E-state index contributed by atoms with van der Waals surface area (Å²) in [6.07, 6.45) is 0. The Bertz CT molecular complexity index is 91.0. The van der Waals surface area contributed by atoms with Gasteiger partial charge in [0.25, 0.3) is 0 Å². The lowest BCUT2D eigenvalue weighted by Crippen LogP contribution is -2.39. The minimum absolute atomic E-state index is 0.210. The fraction of sp³-hybridized carbons (Fsp3) is 1.00. The number of morpholine rings is 1. The molecule has 1 unspecified atom stereocenters. The number of alkyl halides is 1. The van der Waals surface area contributed by atoms with Gasteiger partial charge in [-0.2, -0.15) is 5.06 Å². The summed E-state index contributed by atoms with van der Waals surface area (Å²) in [5.74, 6) is 0. The Balaban J connectivity index is 2.23. The molecule has 1 aliphatic heterocycles. The Labute approximate surface area is 59.4 Å². The largest absolute Gasteiger partial charge is 0.360 e. The zero-order valence-corrected chi connectivity index (χ0v) is 6.10. The van der Waals surface area contributed by atoms with Gasteiger partial charge in [-0.15, -0.1) is 0 Å². The first-order valence-corrected chi connectivity index (χ1v) is 3.31. The standard InChI is InChI=1S/C5H10ClNO2/c1-8-7-2-3-9-5(6)4-7/h5H,2-4H2,1H3. The monoisotopic (exact) mass is 151 g/mol. The van der Waals surface area contributed by atoms with E-state index in [4.69, 9.17) is 21.2 Å². The fourth-order valence-electron chi connectivity index (χ4n) is 0.752. The van der Waals surface area contributed by atoms with Crippen LogP contribution in [0.5, 0.6) is 0 Å². The molecular formula is C5H10ClNO2. The van der Waals surface area contributed by atoms with E-state index in [2.05, 4.69) is 0 Å². The van der Waals surface area contributed by atoms with Gasteiger partial charge in [0.15, 0.2) is 0 Å². The highest BCUT2D eigenvalue weighted by atomic mass is 35.5. The van der Waals surface area contributed by atoms with Crippen molar-refractivity contribution in [3.8, 4) is 0 Å².